The van der Waals surface area contributed by atoms with Crippen molar-refractivity contribution in [2.45, 2.75) is 18.9 Å². The van der Waals surface area contributed by atoms with E-state index in [1.807, 2.05) is 0 Å². The molecule has 1 atom stereocenters. The minimum atomic E-state index is -1.38. The number of thiocarbonyl (C=S) groups is 1. The van der Waals surface area contributed by atoms with Gasteiger partial charge in [-0.2, -0.15) is 0 Å². The molecule has 1 aromatic heterocycles. The van der Waals surface area contributed by atoms with E-state index in [1.54, 1.807) is 30.3 Å². The molecule has 0 spiro atoms. The molecule has 10 heteroatoms. The Morgan fingerprint density at radius 1 is 1.24 bits per heavy atom. The summed E-state index contributed by atoms with van der Waals surface area (Å²) >= 11 is 6.01. The van der Waals surface area contributed by atoms with Crippen molar-refractivity contribution in [1.29, 1.82) is 0 Å². The first-order chi connectivity index (χ1) is 13.8. The maximum Gasteiger partial charge on any atom is 0.326 e. The number of thioether (sulfide) groups is 1. The van der Waals surface area contributed by atoms with Crippen LogP contribution in [0.5, 0.6) is 0 Å². The Bertz CT molecular complexity index is 1030. The number of halogens is 1. The normalized spacial score (nSPS) is 16.4. The second-order valence-electron chi connectivity index (χ2n) is 6.02. The van der Waals surface area contributed by atoms with E-state index in [0.717, 1.165) is 16.7 Å². The van der Waals surface area contributed by atoms with E-state index in [2.05, 4.69) is 0 Å². The molecule has 1 saturated heterocycles. The molecule has 1 aromatic carbocycles. The number of hydrogen-bond donors (Lipinski definition) is 2. The summed E-state index contributed by atoms with van der Waals surface area (Å²) in [6.45, 7) is 0. The summed E-state index contributed by atoms with van der Waals surface area (Å²) in [5.74, 6) is -3.09. The van der Waals surface area contributed by atoms with Gasteiger partial charge >= 0.3 is 11.9 Å². The van der Waals surface area contributed by atoms with Gasteiger partial charge in [0.05, 0.1) is 10.5 Å². The minimum Gasteiger partial charge on any atom is -0.481 e. The molecule has 0 aliphatic carbocycles. The fraction of sp³-hybridized carbons (Fsp3) is 0.158. The van der Waals surface area contributed by atoms with Crippen molar-refractivity contribution in [1.82, 2.24) is 4.90 Å². The Morgan fingerprint density at radius 3 is 2.62 bits per heavy atom. The molecule has 2 heterocycles. The Labute approximate surface area is 173 Å². The minimum absolute atomic E-state index is 0.0138. The largest absolute Gasteiger partial charge is 0.481 e. The van der Waals surface area contributed by atoms with Crippen LogP contribution in [0, 0.1) is 5.82 Å². The van der Waals surface area contributed by atoms with Crippen molar-refractivity contribution >= 4 is 52.2 Å². The van der Waals surface area contributed by atoms with Crippen molar-refractivity contribution in [2.75, 3.05) is 0 Å². The number of rotatable bonds is 7. The molecule has 3 rings (SSSR count). The third-order valence-electron chi connectivity index (χ3n) is 4.09. The molecule has 2 aromatic rings. The fourth-order valence-corrected chi connectivity index (χ4v) is 4.07. The van der Waals surface area contributed by atoms with Crippen LogP contribution < -0.4 is 0 Å². The van der Waals surface area contributed by atoms with Gasteiger partial charge in [0.1, 0.15) is 27.7 Å². The van der Waals surface area contributed by atoms with Crippen LogP contribution in [0.1, 0.15) is 18.6 Å². The first-order valence-electron chi connectivity index (χ1n) is 8.34. The average molecular weight is 435 g/mol. The predicted octanol–water partition coefficient (Wildman–Crippen LogP) is 3.60. The maximum absolute atomic E-state index is 13.9. The molecule has 7 nitrogen and oxygen atoms in total. The molecule has 1 amide bonds. The first kappa shape index (κ1) is 20.7. The van der Waals surface area contributed by atoms with Crippen molar-refractivity contribution in [2.24, 2.45) is 0 Å². The highest BCUT2D eigenvalue weighted by Gasteiger charge is 2.40. The highest BCUT2D eigenvalue weighted by molar-refractivity contribution is 8.26. The monoisotopic (exact) mass is 435 g/mol. The van der Waals surface area contributed by atoms with Gasteiger partial charge in [0.2, 0.25) is 0 Å². The van der Waals surface area contributed by atoms with Crippen LogP contribution in [-0.4, -0.2) is 43.3 Å². The van der Waals surface area contributed by atoms with Gasteiger partial charge in [-0.15, -0.1) is 0 Å². The summed E-state index contributed by atoms with van der Waals surface area (Å²) < 4.78 is 19.5. The van der Waals surface area contributed by atoms with Crippen molar-refractivity contribution in [3.63, 3.8) is 0 Å². The summed E-state index contributed by atoms with van der Waals surface area (Å²) in [6, 6.07) is 7.79. The van der Waals surface area contributed by atoms with E-state index in [1.165, 1.54) is 12.1 Å². The van der Waals surface area contributed by atoms with Gasteiger partial charge in [-0.1, -0.05) is 36.1 Å². The molecule has 150 valence electrons. The van der Waals surface area contributed by atoms with Gasteiger partial charge in [-0.05, 0) is 30.7 Å². The molecule has 0 saturated carbocycles. The number of aliphatic carboxylic acids is 2. The number of nitrogens with zero attached hydrogens (tertiary/aromatic N) is 1. The zero-order valence-corrected chi connectivity index (χ0v) is 16.3. The van der Waals surface area contributed by atoms with E-state index < -0.39 is 36.1 Å². The van der Waals surface area contributed by atoms with Gasteiger partial charge in [0.25, 0.3) is 5.91 Å². The molecule has 0 unspecified atom stereocenters. The van der Waals surface area contributed by atoms with Crippen molar-refractivity contribution in [3.05, 3.63) is 52.9 Å². The van der Waals surface area contributed by atoms with E-state index in [4.69, 9.17) is 21.7 Å². The number of carbonyl (C=O) groups is 3. The number of hydrogen-bond acceptors (Lipinski definition) is 6. The Kier molecular flexibility index (Phi) is 6.14. The third-order valence-corrected chi connectivity index (χ3v) is 5.42. The third kappa shape index (κ3) is 4.54. The predicted molar refractivity (Wildman–Crippen MR) is 107 cm³/mol. The molecule has 0 radical (unpaired) electrons. The summed E-state index contributed by atoms with van der Waals surface area (Å²) in [5, 5.41) is 18.2. The number of carbonyl (C=O) groups excluding carboxylic acids is 1. The standard InChI is InChI=1S/C19H14FNO6S2/c20-12-4-2-1-3-11(12)14-7-5-10(27-14)9-15-17(24)21(19(28)29-15)13(18(25)26)6-8-16(22)23/h1-5,7,9,13H,6,8H2,(H,22,23)(H,25,26)/b15-9+/t13-/m1/s1. The number of furan rings is 1. The van der Waals surface area contributed by atoms with Gasteiger partial charge in [0, 0.05) is 12.5 Å². The van der Waals surface area contributed by atoms with E-state index >= 15 is 0 Å². The molecule has 1 aliphatic heterocycles. The van der Waals surface area contributed by atoms with Crippen molar-refractivity contribution < 1.29 is 33.4 Å². The summed E-state index contributed by atoms with van der Waals surface area (Å²) in [5.41, 5.74) is 0.263. The lowest BCUT2D eigenvalue weighted by Gasteiger charge is -2.22. The van der Waals surface area contributed by atoms with Crippen LogP contribution >= 0.6 is 24.0 Å². The lowest BCUT2D eigenvalue weighted by molar-refractivity contribution is -0.146. The molecule has 1 fully saturated rings. The molecular formula is C19H14FNO6S2. The molecule has 29 heavy (non-hydrogen) atoms. The second-order valence-corrected chi connectivity index (χ2v) is 7.70. The van der Waals surface area contributed by atoms with E-state index in [-0.39, 0.29) is 32.7 Å². The molecule has 2 N–H and O–H groups in total. The summed E-state index contributed by atoms with van der Waals surface area (Å²) in [6.07, 6.45) is 0.694. The zero-order chi connectivity index (χ0) is 21.1. The van der Waals surface area contributed by atoms with Gasteiger partial charge in [-0.3, -0.25) is 14.5 Å². The Morgan fingerprint density at radius 2 is 1.97 bits per heavy atom. The topological polar surface area (TPSA) is 108 Å². The fourth-order valence-electron chi connectivity index (χ4n) is 2.74. The Hall–Kier alpha value is -2.98. The first-order valence-corrected chi connectivity index (χ1v) is 9.57. The second kappa shape index (κ2) is 8.58. The molecule has 1 aliphatic rings. The van der Waals surface area contributed by atoms with Gasteiger partial charge in [-0.25, -0.2) is 9.18 Å². The summed E-state index contributed by atoms with van der Waals surface area (Å²) in [7, 11) is 0. The van der Waals surface area contributed by atoms with E-state index in [0.29, 0.717) is 0 Å². The number of carboxylic acids is 2. The number of carboxylic acid groups (broad SMARTS) is 2. The highest BCUT2D eigenvalue weighted by Crippen LogP contribution is 2.36. The van der Waals surface area contributed by atoms with E-state index in [9.17, 15) is 23.9 Å². The van der Waals surface area contributed by atoms with Gasteiger partial charge < -0.3 is 14.6 Å². The molecular weight excluding hydrogens is 421 g/mol. The maximum atomic E-state index is 13.9. The van der Waals surface area contributed by atoms with Crippen LogP contribution in [0.15, 0.2) is 45.7 Å². The summed E-state index contributed by atoms with van der Waals surface area (Å²) in [4.78, 5) is 36.0. The van der Waals surface area contributed by atoms with Gasteiger partial charge in [0.15, 0.2) is 0 Å². The quantitative estimate of drug-likeness (QED) is 0.502. The molecule has 0 bridgehead atoms. The zero-order valence-electron chi connectivity index (χ0n) is 14.7. The SMILES string of the molecule is O=C(O)CC[C@H](C(=O)O)N1C(=O)/C(=C\c2ccc(-c3ccccc3F)o2)SC1=S. The van der Waals surface area contributed by atoms with Crippen LogP contribution in [0.3, 0.4) is 0 Å². The van der Waals surface area contributed by atoms with Crippen LogP contribution in [0.25, 0.3) is 17.4 Å². The van der Waals surface area contributed by atoms with Crippen molar-refractivity contribution in [3.8, 4) is 11.3 Å². The lowest BCUT2D eigenvalue weighted by atomic mass is 10.1. The van der Waals surface area contributed by atoms with Crippen LogP contribution in [-0.2, 0) is 14.4 Å². The Balaban J connectivity index is 1.84. The average Bonchev–Trinajstić information content (AvgIpc) is 3.22. The van der Waals surface area contributed by atoms with Crippen LogP contribution in [0.4, 0.5) is 4.39 Å². The van der Waals surface area contributed by atoms with Crippen LogP contribution in [0.2, 0.25) is 0 Å². The smallest absolute Gasteiger partial charge is 0.326 e. The highest BCUT2D eigenvalue weighted by atomic mass is 32.2. The number of amides is 1. The lowest BCUT2D eigenvalue weighted by Crippen LogP contribution is -2.44. The number of benzene rings is 1.